The average molecular weight is 485 g/mol. The maximum absolute atomic E-state index is 12.7. The van der Waals surface area contributed by atoms with Gasteiger partial charge in [0.05, 0.1) is 19.1 Å². The third-order valence-corrected chi connectivity index (χ3v) is 5.82. The molecule has 1 N–H and O–H groups in total. The number of anilines is 1. The first kappa shape index (κ1) is 24.8. The molecule has 0 unspecified atom stereocenters. The number of aryl methyl sites for hydroxylation is 1. The number of imide groups is 1. The van der Waals surface area contributed by atoms with Gasteiger partial charge in [-0.2, -0.15) is 0 Å². The number of ether oxygens (including phenoxy) is 3. The molecule has 34 heavy (non-hydrogen) atoms. The lowest BCUT2D eigenvalue weighted by Crippen LogP contribution is -2.42. The van der Waals surface area contributed by atoms with Crippen LogP contribution >= 0.6 is 11.8 Å². The number of esters is 1. The van der Waals surface area contributed by atoms with Crippen molar-refractivity contribution in [1.29, 1.82) is 0 Å². The lowest BCUT2D eigenvalue weighted by atomic mass is 10.1. The first-order valence-corrected chi connectivity index (χ1v) is 11.1. The van der Waals surface area contributed by atoms with E-state index in [1.807, 2.05) is 19.1 Å². The summed E-state index contributed by atoms with van der Waals surface area (Å²) in [5.74, 6) is -0.911. The number of nitrogens with zero attached hydrogens (tertiary/aromatic N) is 1. The molecule has 2 aromatic rings. The SMILES string of the molecule is COC(=O)[C@H](C)N1C(=O)S/C(=C/c2ccc(OCC(=O)Nc3ccc(C)cc3)c(OC)c2)C1=O. The van der Waals surface area contributed by atoms with Gasteiger partial charge in [0.15, 0.2) is 18.1 Å². The highest BCUT2D eigenvalue weighted by atomic mass is 32.2. The van der Waals surface area contributed by atoms with Gasteiger partial charge in [-0.05, 0) is 61.5 Å². The van der Waals surface area contributed by atoms with Crippen LogP contribution in [0.4, 0.5) is 10.5 Å². The number of rotatable bonds is 8. The largest absolute Gasteiger partial charge is 0.493 e. The zero-order valence-electron chi connectivity index (χ0n) is 19.1. The fraction of sp³-hybridized carbons (Fsp3) is 0.250. The van der Waals surface area contributed by atoms with Crippen molar-refractivity contribution < 1.29 is 33.4 Å². The first-order valence-electron chi connectivity index (χ1n) is 10.3. The summed E-state index contributed by atoms with van der Waals surface area (Å²) in [7, 11) is 2.64. The van der Waals surface area contributed by atoms with E-state index in [0.29, 0.717) is 22.7 Å². The molecule has 1 aliphatic heterocycles. The number of thioether (sulfide) groups is 1. The summed E-state index contributed by atoms with van der Waals surface area (Å²) in [4.78, 5) is 49.9. The highest BCUT2D eigenvalue weighted by molar-refractivity contribution is 8.18. The van der Waals surface area contributed by atoms with Gasteiger partial charge < -0.3 is 19.5 Å². The van der Waals surface area contributed by atoms with Crippen molar-refractivity contribution in [1.82, 2.24) is 4.90 Å². The maximum Gasteiger partial charge on any atom is 0.328 e. The van der Waals surface area contributed by atoms with Crippen LogP contribution in [0.25, 0.3) is 6.08 Å². The summed E-state index contributed by atoms with van der Waals surface area (Å²) in [5, 5.41) is 2.19. The number of carbonyl (C=O) groups is 4. The number of hydrogen-bond acceptors (Lipinski definition) is 8. The van der Waals surface area contributed by atoms with Crippen LogP contribution in [0.1, 0.15) is 18.1 Å². The molecule has 3 amide bonds. The molecule has 2 aromatic carbocycles. The lowest BCUT2D eigenvalue weighted by Gasteiger charge is -2.18. The van der Waals surface area contributed by atoms with Gasteiger partial charge in [-0.25, -0.2) is 4.79 Å². The molecule has 9 nitrogen and oxygen atoms in total. The van der Waals surface area contributed by atoms with Crippen LogP contribution in [0, 0.1) is 6.92 Å². The van der Waals surface area contributed by atoms with E-state index in [4.69, 9.17) is 9.47 Å². The van der Waals surface area contributed by atoms with Gasteiger partial charge in [0.2, 0.25) is 0 Å². The molecule has 3 rings (SSSR count). The van der Waals surface area contributed by atoms with Gasteiger partial charge in [0, 0.05) is 5.69 Å². The number of amides is 3. The summed E-state index contributed by atoms with van der Waals surface area (Å²) >= 11 is 0.732. The van der Waals surface area contributed by atoms with E-state index in [0.717, 1.165) is 22.2 Å². The van der Waals surface area contributed by atoms with Crippen LogP contribution in [0.5, 0.6) is 11.5 Å². The summed E-state index contributed by atoms with van der Waals surface area (Å²) in [6.45, 7) is 3.15. The van der Waals surface area contributed by atoms with Crippen molar-refractivity contribution in [2.75, 3.05) is 26.1 Å². The molecule has 1 fully saturated rings. The molecule has 178 valence electrons. The van der Waals surface area contributed by atoms with Gasteiger partial charge in [0.25, 0.3) is 17.1 Å². The zero-order valence-corrected chi connectivity index (χ0v) is 19.9. The Morgan fingerprint density at radius 2 is 1.79 bits per heavy atom. The smallest absolute Gasteiger partial charge is 0.328 e. The molecule has 0 saturated carbocycles. The van der Waals surface area contributed by atoms with Crippen LogP contribution < -0.4 is 14.8 Å². The van der Waals surface area contributed by atoms with Crippen LogP contribution in [-0.2, 0) is 19.1 Å². The third kappa shape index (κ3) is 5.76. The number of carbonyl (C=O) groups excluding carboxylic acids is 4. The van der Waals surface area contributed by atoms with E-state index >= 15 is 0 Å². The minimum Gasteiger partial charge on any atom is -0.493 e. The molecule has 1 saturated heterocycles. The topological polar surface area (TPSA) is 111 Å². The normalized spacial score (nSPS) is 15.3. The second-order valence-corrected chi connectivity index (χ2v) is 8.36. The predicted octanol–water partition coefficient (Wildman–Crippen LogP) is 3.62. The number of benzene rings is 2. The number of nitrogens with one attached hydrogen (secondary N) is 1. The molecule has 0 aliphatic carbocycles. The highest BCUT2D eigenvalue weighted by Gasteiger charge is 2.41. The van der Waals surface area contributed by atoms with Gasteiger partial charge in [-0.15, -0.1) is 0 Å². The first-order chi connectivity index (χ1) is 16.2. The zero-order chi connectivity index (χ0) is 24.8. The van der Waals surface area contributed by atoms with Gasteiger partial charge in [-0.3, -0.25) is 19.3 Å². The van der Waals surface area contributed by atoms with Crippen molar-refractivity contribution in [2.45, 2.75) is 19.9 Å². The molecular formula is C24H24N2O7S. The molecule has 0 spiro atoms. The van der Waals surface area contributed by atoms with E-state index in [9.17, 15) is 19.2 Å². The molecular weight excluding hydrogens is 460 g/mol. The van der Waals surface area contributed by atoms with Gasteiger partial charge in [0.1, 0.15) is 6.04 Å². The Morgan fingerprint density at radius 1 is 1.09 bits per heavy atom. The molecule has 0 aromatic heterocycles. The van der Waals surface area contributed by atoms with E-state index in [-0.39, 0.29) is 17.4 Å². The Morgan fingerprint density at radius 3 is 2.44 bits per heavy atom. The molecule has 0 bridgehead atoms. The van der Waals surface area contributed by atoms with Crippen LogP contribution in [0.3, 0.4) is 0 Å². The van der Waals surface area contributed by atoms with Gasteiger partial charge >= 0.3 is 5.97 Å². The Hall–Kier alpha value is -3.79. The van der Waals surface area contributed by atoms with E-state index < -0.39 is 23.2 Å². The summed E-state index contributed by atoms with van der Waals surface area (Å²) < 4.78 is 15.6. The minimum absolute atomic E-state index is 0.161. The minimum atomic E-state index is -1.03. The van der Waals surface area contributed by atoms with E-state index in [1.54, 1.807) is 30.3 Å². The third-order valence-electron chi connectivity index (χ3n) is 4.93. The van der Waals surface area contributed by atoms with E-state index in [2.05, 4.69) is 10.1 Å². The van der Waals surface area contributed by atoms with Crippen LogP contribution in [0.2, 0.25) is 0 Å². The van der Waals surface area contributed by atoms with Crippen LogP contribution in [-0.4, -0.2) is 54.8 Å². The summed E-state index contributed by atoms with van der Waals surface area (Å²) in [6, 6.07) is 11.2. The summed E-state index contributed by atoms with van der Waals surface area (Å²) in [5.41, 5.74) is 2.32. The Balaban J connectivity index is 1.68. The predicted molar refractivity (Wildman–Crippen MR) is 128 cm³/mol. The number of hydrogen-bond donors (Lipinski definition) is 1. The Kier molecular flexibility index (Phi) is 7.95. The highest BCUT2D eigenvalue weighted by Crippen LogP contribution is 2.35. The fourth-order valence-corrected chi connectivity index (χ4v) is 4.02. The second kappa shape index (κ2) is 10.9. The monoisotopic (exact) mass is 484 g/mol. The van der Waals surface area contributed by atoms with Crippen molar-refractivity contribution in [3.05, 3.63) is 58.5 Å². The second-order valence-electron chi connectivity index (χ2n) is 7.36. The standard InChI is InChI=1S/C24H24N2O7S/c1-14-5-8-17(9-6-14)25-21(27)13-33-18-10-7-16(11-19(18)31-3)12-20-22(28)26(24(30)34-20)15(2)23(29)32-4/h5-12,15H,13H2,1-4H3,(H,25,27)/b20-12+/t15-/m0/s1. The van der Waals surface area contributed by atoms with Crippen molar-refractivity contribution in [2.24, 2.45) is 0 Å². The molecule has 1 aliphatic rings. The van der Waals surface area contributed by atoms with E-state index in [1.165, 1.54) is 27.2 Å². The molecule has 10 heteroatoms. The van der Waals surface area contributed by atoms with Crippen molar-refractivity contribution in [3.63, 3.8) is 0 Å². The van der Waals surface area contributed by atoms with Gasteiger partial charge in [-0.1, -0.05) is 23.8 Å². The quantitative estimate of drug-likeness (QED) is 0.447. The molecule has 0 radical (unpaired) electrons. The van der Waals surface area contributed by atoms with Crippen molar-refractivity contribution in [3.8, 4) is 11.5 Å². The average Bonchev–Trinajstić information content (AvgIpc) is 3.10. The summed E-state index contributed by atoms with van der Waals surface area (Å²) in [6.07, 6.45) is 1.52. The molecule has 1 atom stereocenters. The fourth-order valence-electron chi connectivity index (χ4n) is 3.11. The maximum atomic E-state index is 12.7. The Labute approximate surface area is 201 Å². The number of methoxy groups -OCH3 is 2. The van der Waals surface area contributed by atoms with Crippen molar-refractivity contribution >= 4 is 46.5 Å². The lowest BCUT2D eigenvalue weighted by molar-refractivity contribution is -0.148. The van der Waals surface area contributed by atoms with Crippen LogP contribution in [0.15, 0.2) is 47.4 Å². The molecule has 1 heterocycles. The Bertz CT molecular complexity index is 1140.